The van der Waals surface area contributed by atoms with Crippen LogP contribution < -0.4 is 9.64 Å². The zero-order valence-corrected chi connectivity index (χ0v) is 21.6. The number of benzene rings is 2. The maximum absolute atomic E-state index is 11.9. The normalized spacial score (nSPS) is 27.4. The van der Waals surface area contributed by atoms with Crippen LogP contribution in [0.4, 0.5) is 5.82 Å². The number of fused-ring (bicyclic) bond motifs is 4. The van der Waals surface area contributed by atoms with Crippen LogP contribution in [-0.2, 0) is 0 Å². The molecule has 5 heteroatoms. The van der Waals surface area contributed by atoms with E-state index in [9.17, 15) is 5.11 Å². The van der Waals surface area contributed by atoms with Crippen LogP contribution in [0.25, 0.3) is 10.9 Å². The molecule has 4 fully saturated rings. The SMILES string of the molecule is CC[C@H]1CN2CC[C@@H]1CC2[C@H](O)c1cc(N2CCC(c3ccccc3)CC2)nc2ccc(OC)cc12. The van der Waals surface area contributed by atoms with Crippen molar-refractivity contribution in [2.75, 3.05) is 38.2 Å². The van der Waals surface area contributed by atoms with E-state index in [2.05, 4.69) is 59.2 Å². The monoisotopic (exact) mass is 485 g/mol. The predicted octanol–water partition coefficient (Wildman–Crippen LogP) is 5.78. The van der Waals surface area contributed by atoms with Gasteiger partial charge in [0.25, 0.3) is 0 Å². The van der Waals surface area contributed by atoms with Gasteiger partial charge in [0.1, 0.15) is 11.6 Å². The molecule has 190 valence electrons. The molecule has 1 aromatic heterocycles. The number of aliphatic hydroxyl groups excluding tert-OH is 1. The standard InChI is InChI=1S/C31H39N3O2/c1-3-21-20-34-16-13-24(21)17-29(34)31(35)27-19-30(32-28-10-9-25(36-2)18-26(27)28)33-14-11-23(12-15-33)22-7-5-4-6-8-22/h4-10,18-19,21,23-24,29,31,35H,3,11-17,20H2,1-2H3/t21-,24+,29?,31+/m0/s1. The Morgan fingerprint density at radius 3 is 2.53 bits per heavy atom. The molecule has 5 atom stereocenters. The van der Waals surface area contributed by atoms with Crippen molar-refractivity contribution in [2.45, 2.75) is 57.1 Å². The molecule has 2 unspecified atom stereocenters. The maximum atomic E-state index is 11.9. The molecule has 2 aromatic carbocycles. The van der Waals surface area contributed by atoms with Crippen molar-refractivity contribution in [3.05, 3.63) is 65.7 Å². The summed E-state index contributed by atoms with van der Waals surface area (Å²) < 4.78 is 5.55. The van der Waals surface area contributed by atoms with Gasteiger partial charge in [-0.2, -0.15) is 0 Å². The Labute approximate surface area is 215 Å². The second-order valence-corrected chi connectivity index (χ2v) is 11.1. The Morgan fingerprint density at radius 2 is 1.83 bits per heavy atom. The van der Waals surface area contributed by atoms with Crippen molar-refractivity contribution in [2.24, 2.45) is 11.8 Å². The molecule has 2 bridgehead atoms. The summed E-state index contributed by atoms with van der Waals surface area (Å²) in [5.41, 5.74) is 3.39. The van der Waals surface area contributed by atoms with Crippen LogP contribution in [-0.4, -0.2) is 54.3 Å². The minimum atomic E-state index is -0.524. The van der Waals surface area contributed by atoms with E-state index >= 15 is 0 Å². The highest BCUT2D eigenvalue weighted by Crippen LogP contribution is 2.43. The number of aliphatic hydroxyl groups is 1. The number of piperidine rings is 4. The van der Waals surface area contributed by atoms with Gasteiger partial charge in [-0.3, -0.25) is 4.90 Å². The van der Waals surface area contributed by atoms with Crippen LogP contribution in [0.15, 0.2) is 54.6 Å². The minimum absolute atomic E-state index is 0.181. The van der Waals surface area contributed by atoms with Gasteiger partial charge in [-0.15, -0.1) is 0 Å². The molecule has 36 heavy (non-hydrogen) atoms. The lowest BCUT2D eigenvalue weighted by atomic mass is 9.72. The van der Waals surface area contributed by atoms with Crippen molar-refractivity contribution >= 4 is 16.7 Å². The number of hydrogen-bond donors (Lipinski definition) is 1. The maximum Gasteiger partial charge on any atom is 0.129 e. The first-order valence-electron chi connectivity index (χ1n) is 13.8. The highest BCUT2D eigenvalue weighted by atomic mass is 16.5. The number of hydrogen-bond acceptors (Lipinski definition) is 5. The van der Waals surface area contributed by atoms with Gasteiger partial charge in [0, 0.05) is 31.1 Å². The van der Waals surface area contributed by atoms with Crippen LogP contribution in [0.3, 0.4) is 0 Å². The number of ether oxygens (including phenoxy) is 1. The predicted molar refractivity (Wildman–Crippen MR) is 146 cm³/mol. The summed E-state index contributed by atoms with van der Waals surface area (Å²) in [4.78, 5) is 10.0. The van der Waals surface area contributed by atoms with Gasteiger partial charge in [-0.1, -0.05) is 43.7 Å². The summed E-state index contributed by atoms with van der Waals surface area (Å²) in [6.45, 7) is 6.51. The molecule has 4 aliphatic rings. The van der Waals surface area contributed by atoms with E-state index in [0.717, 1.165) is 85.3 Å². The van der Waals surface area contributed by atoms with Crippen LogP contribution in [0.5, 0.6) is 5.75 Å². The molecule has 0 aliphatic carbocycles. The third kappa shape index (κ3) is 4.37. The molecular weight excluding hydrogens is 446 g/mol. The average Bonchev–Trinajstić information content (AvgIpc) is 2.96. The Morgan fingerprint density at radius 1 is 1.03 bits per heavy atom. The van der Waals surface area contributed by atoms with E-state index < -0.39 is 6.10 Å². The second kappa shape index (κ2) is 10.0. The third-order valence-corrected chi connectivity index (χ3v) is 9.27. The highest BCUT2D eigenvalue weighted by molar-refractivity contribution is 5.86. The molecule has 0 spiro atoms. The first-order chi connectivity index (χ1) is 17.6. The van der Waals surface area contributed by atoms with E-state index in [1.165, 1.54) is 18.4 Å². The van der Waals surface area contributed by atoms with Crippen molar-refractivity contribution in [1.82, 2.24) is 9.88 Å². The summed E-state index contributed by atoms with van der Waals surface area (Å²) in [6.07, 6.45) is 5.33. The van der Waals surface area contributed by atoms with E-state index in [1.54, 1.807) is 7.11 Å². The number of pyridine rings is 1. The largest absolute Gasteiger partial charge is 0.497 e. The Kier molecular flexibility index (Phi) is 6.61. The summed E-state index contributed by atoms with van der Waals surface area (Å²) in [7, 11) is 1.70. The van der Waals surface area contributed by atoms with Crippen LogP contribution >= 0.6 is 0 Å². The van der Waals surface area contributed by atoms with Gasteiger partial charge < -0.3 is 14.7 Å². The van der Waals surface area contributed by atoms with Crippen LogP contribution in [0.1, 0.15) is 62.2 Å². The van der Waals surface area contributed by atoms with E-state index in [1.807, 2.05) is 12.1 Å². The third-order valence-electron chi connectivity index (χ3n) is 9.27. The molecule has 4 saturated heterocycles. The lowest BCUT2D eigenvalue weighted by Gasteiger charge is -2.51. The van der Waals surface area contributed by atoms with Gasteiger partial charge in [0.05, 0.1) is 18.7 Å². The quantitative estimate of drug-likeness (QED) is 0.480. The van der Waals surface area contributed by atoms with Crippen molar-refractivity contribution in [3.63, 3.8) is 0 Å². The van der Waals surface area contributed by atoms with Crippen molar-refractivity contribution in [3.8, 4) is 5.75 Å². The molecular formula is C31H39N3O2. The number of anilines is 1. The lowest BCUT2D eigenvalue weighted by molar-refractivity contribution is -0.0562. The number of rotatable bonds is 6. The highest BCUT2D eigenvalue weighted by Gasteiger charge is 2.42. The Hall–Kier alpha value is -2.63. The smallest absolute Gasteiger partial charge is 0.129 e. The van der Waals surface area contributed by atoms with E-state index in [4.69, 9.17) is 9.72 Å². The van der Waals surface area contributed by atoms with E-state index in [-0.39, 0.29) is 6.04 Å². The molecule has 0 saturated carbocycles. The molecule has 0 radical (unpaired) electrons. The number of methoxy groups -OCH3 is 1. The first kappa shape index (κ1) is 23.7. The summed E-state index contributed by atoms with van der Waals surface area (Å²) >= 11 is 0. The second-order valence-electron chi connectivity index (χ2n) is 11.1. The van der Waals surface area contributed by atoms with Gasteiger partial charge >= 0.3 is 0 Å². The Balaban J connectivity index is 1.30. The average molecular weight is 486 g/mol. The number of nitrogens with zero attached hydrogens (tertiary/aromatic N) is 3. The molecule has 3 aromatic rings. The van der Waals surface area contributed by atoms with Crippen LogP contribution in [0, 0.1) is 11.8 Å². The zero-order valence-electron chi connectivity index (χ0n) is 21.6. The zero-order chi connectivity index (χ0) is 24.6. The Bertz CT molecular complexity index is 1190. The first-order valence-corrected chi connectivity index (χ1v) is 13.8. The summed E-state index contributed by atoms with van der Waals surface area (Å²) in [6, 6.07) is 19.3. The molecule has 0 amide bonds. The summed E-state index contributed by atoms with van der Waals surface area (Å²) in [5.74, 6) is 3.92. The fourth-order valence-electron chi connectivity index (χ4n) is 7.10. The lowest BCUT2D eigenvalue weighted by Crippen LogP contribution is -2.55. The molecule has 5 nitrogen and oxygen atoms in total. The molecule has 4 aliphatic heterocycles. The molecule has 1 N–H and O–H groups in total. The van der Waals surface area contributed by atoms with Gasteiger partial charge in [-0.05, 0) is 85.4 Å². The van der Waals surface area contributed by atoms with Crippen molar-refractivity contribution < 1.29 is 9.84 Å². The molecule has 7 rings (SSSR count). The minimum Gasteiger partial charge on any atom is -0.497 e. The van der Waals surface area contributed by atoms with Gasteiger partial charge in [-0.25, -0.2) is 4.98 Å². The van der Waals surface area contributed by atoms with Gasteiger partial charge in [0.15, 0.2) is 0 Å². The number of aromatic nitrogens is 1. The summed E-state index contributed by atoms with van der Waals surface area (Å²) in [5, 5.41) is 12.9. The molecule has 5 heterocycles. The van der Waals surface area contributed by atoms with Gasteiger partial charge in [0.2, 0.25) is 0 Å². The van der Waals surface area contributed by atoms with E-state index in [0.29, 0.717) is 5.92 Å². The topological polar surface area (TPSA) is 48.8 Å². The van der Waals surface area contributed by atoms with Crippen LogP contribution in [0.2, 0.25) is 0 Å². The fraction of sp³-hybridized carbons (Fsp3) is 0.516. The van der Waals surface area contributed by atoms with Crippen molar-refractivity contribution in [1.29, 1.82) is 0 Å². The fourth-order valence-corrected chi connectivity index (χ4v) is 7.10.